The Morgan fingerprint density at radius 2 is 1.83 bits per heavy atom. The topological polar surface area (TPSA) is 54.3 Å². The molecule has 29 heavy (non-hydrogen) atoms. The van der Waals surface area contributed by atoms with E-state index >= 15 is 0 Å². The van der Waals surface area contributed by atoms with Gasteiger partial charge in [0.15, 0.2) is 4.90 Å². The van der Waals surface area contributed by atoms with Crippen LogP contribution in [-0.4, -0.2) is 21.5 Å². The Balaban J connectivity index is 1.93. The van der Waals surface area contributed by atoms with Crippen LogP contribution in [0.4, 0.5) is 4.39 Å². The van der Waals surface area contributed by atoms with Crippen molar-refractivity contribution in [3.63, 3.8) is 0 Å². The molecule has 0 spiro atoms. The minimum atomic E-state index is -1.17. The fourth-order valence-corrected chi connectivity index (χ4v) is 4.56. The summed E-state index contributed by atoms with van der Waals surface area (Å²) >= 11 is -1.17. The van der Waals surface area contributed by atoms with Gasteiger partial charge in [-0.25, -0.2) is 4.39 Å². The molecule has 1 unspecified atom stereocenters. The van der Waals surface area contributed by atoms with Gasteiger partial charge in [-0.15, -0.1) is 0 Å². The van der Waals surface area contributed by atoms with Gasteiger partial charge in [-0.2, -0.15) is 0 Å². The highest BCUT2D eigenvalue weighted by atomic mass is 32.2. The first kappa shape index (κ1) is 20.0. The number of benzene rings is 2. The van der Waals surface area contributed by atoms with Crippen molar-refractivity contribution in [2.45, 2.75) is 43.1 Å². The summed E-state index contributed by atoms with van der Waals surface area (Å²) in [5.41, 5.74) is 1.24. The molecular weight excluding hydrogens is 389 g/mol. The van der Waals surface area contributed by atoms with Gasteiger partial charge in [0.25, 0.3) is 5.56 Å². The third-order valence-corrected chi connectivity index (χ3v) is 6.48. The molecule has 1 heterocycles. The summed E-state index contributed by atoms with van der Waals surface area (Å²) < 4.78 is 34.0. The molecule has 0 saturated heterocycles. The first-order chi connectivity index (χ1) is 13.9. The fraction of sp³-hybridized carbons (Fsp3) is 0.348. The zero-order chi connectivity index (χ0) is 20.5. The third kappa shape index (κ3) is 4.05. The molecule has 0 amide bonds. The van der Waals surface area contributed by atoms with Crippen molar-refractivity contribution in [3.05, 3.63) is 58.8 Å². The molecular formula is C23H24FNO3S. The number of hydrogen-bond donors (Lipinski definition) is 0. The Bertz CT molecular complexity index is 1100. The SMILES string of the molecule is Cn1cc(-c2cc([S+](C)[O-])ccc2OC2CCCCC2)c2cc(F)ccc2c1=O. The number of ether oxygens (including phenoxy) is 1. The molecule has 3 aromatic rings. The smallest absolute Gasteiger partial charge is 0.258 e. The Hall–Kier alpha value is -2.31. The second-order valence-corrected chi connectivity index (χ2v) is 9.02. The van der Waals surface area contributed by atoms with Crippen LogP contribution >= 0.6 is 0 Å². The second kappa shape index (κ2) is 8.20. The maximum atomic E-state index is 14.1. The molecule has 1 aromatic heterocycles. The summed E-state index contributed by atoms with van der Waals surface area (Å²) in [6.45, 7) is 0. The lowest BCUT2D eigenvalue weighted by Crippen LogP contribution is -2.20. The molecule has 1 aliphatic rings. The lowest BCUT2D eigenvalue weighted by Gasteiger charge is -2.25. The van der Waals surface area contributed by atoms with E-state index in [9.17, 15) is 13.7 Å². The lowest BCUT2D eigenvalue weighted by molar-refractivity contribution is 0.155. The largest absolute Gasteiger partial charge is 0.612 e. The number of halogens is 1. The van der Waals surface area contributed by atoms with Crippen molar-refractivity contribution < 1.29 is 13.7 Å². The summed E-state index contributed by atoms with van der Waals surface area (Å²) in [5, 5.41) is 0.971. The Labute approximate surface area is 172 Å². The summed E-state index contributed by atoms with van der Waals surface area (Å²) in [6.07, 6.45) is 8.99. The molecule has 152 valence electrons. The van der Waals surface area contributed by atoms with E-state index in [1.54, 1.807) is 19.5 Å². The molecule has 0 bridgehead atoms. The number of hydrogen-bond acceptors (Lipinski definition) is 3. The van der Waals surface area contributed by atoms with Crippen LogP contribution in [0.1, 0.15) is 32.1 Å². The predicted octanol–water partition coefficient (Wildman–Crippen LogP) is 4.79. The van der Waals surface area contributed by atoms with Gasteiger partial charge >= 0.3 is 0 Å². The molecule has 1 fully saturated rings. The summed E-state index contributed by atoms with van der Waals surface area (Å²) in [4.78, 5) is 13.2. The van der Waals surface area contributed by atoms with Crippen molar-refractivity contribution >= 4 is 21.9 Å². The summed E-state index contributed by atoms with van der Waals surface area (Å²) in [5.74, 6) is 0.271. The van der Waals surface area contributed by atoms with E-state index in [2.05, 4.69) is 0 Å². The van der Waals surface area contributed by atoms with Crippen LogP contribution < -0.4 is 10.3 Å². The maximum absolute atomic E-state index is 14.1. The van der Waals surface area contributed by atoms with E-state index in [4.69, 9.17) is 4.74 Å². The molecule has 1 atom stereocenters. The van der Waals surface area contributed by atoms with Crippen LogP contribution in [0, 0.1) is 5.82 Å². The van der Waals surface area contributed by atoms with E-state index in [-0.39, 0.29) is 11.7 Å². The van der Waals surface area contributed by atoms with Gasteiger partial charge in [0, 0.05) is 35.8 Å². The highest BCUT2D eigenvalue weighted by Crippen LogP contribution is 2.37. The molecule has 4 rings (SSSR count). The first-order valence-electron chi connectivity index (χ1n) is 9.87. The monoisotopic (exact) mass is 413 g/mol. The van der Waals surface area contributed by atoms with E-state index in [1.165, 1.54) is 29.2 Å². The van der Waals surface area contributed by atoms with Crippen molar-refractivity contribution in [1.29, 1.82) is 0 Å². The highest BCUT2D eigenvalue weighted by molar-refractivity contribution is 7.90. The van der Waals surface area contributed by atoms with E-state index in [0.717, 1.165) is 31.2 Å². The van der Waals surface area contributed by atoms with E-state index in [1.807, 2.05) is 18.2 Å². The van der Waals surface area contributed by atoms with Crippen LogP contribution in [0.3, 0.4) is 0 Å². The minimum absolute atomic E-state index is 0.135. The number of pyridine rings is 1. The van der Waals surface area contributed by atoms with Gasteiger partial charge in [-0.3, -0.25) is 4.79 Å². The second-order valence-electron chi connectivity index (χ2n) is 7.64. The van der Waals surface area contributed by atoms with Crippen LogP contribution in [0.15, 0.2) is 52.3 Å². The zero-order valence-electron chi connectivity index (χ0n) is 16.6. The van der Waals surface area contributed by atoms with Crippen molar-refractivity contribution in [3.8, 4) is 16.9 Å². The molecule has 2 aromatic carbocycles. The summed E-state index contributed by atoms with van der Waals surface area (Å²) in [7, 11) is 1.68. The van der Waals surface area contributed by atoms with Crippen LogP contribution in [-0.2, 0) is 18.2 Å². The number of nitrogens with zero attached hydrogens (tertiary/aromatic N) is 1. The highest BCUT2D eigenvalue weighted by Gasteiger charge is 2.21. The fourth-order valence-electron chi connectivity index (χ4n) is 4.02. The molecule has 0 N–H and O–H groups in total. The van der Waals surface area contributed by atoms with Gasteiger partial charge in [-0.1, -0.05) is 6.42 Å². The first-order valence-corrected chi connectivity index (χ1v) is 11.4. The Kier molecular flexibility index (Phi) is 5.65. The van der Waals surface area contributed by atoms with Gasteiger partial charge in [0.05, 0.1) is 6.10 Å². The molecule has 0 radical (unpaired) electrons. The van der Waals surface area contributed by atoms with E-state index in [0.29, 0.717) is 27.0 Å². The maximum Gasteiger partial charge on any atom is 0.258 e. The summed E-state index contributed by atoms with van der Waals surface area (Å²) in [6, 6.07) is 9.67. The van der Waals surface area contributed by atoms with Crippen LogP contribution in [0.25, 0.3) is 21.9 Å². The molecule has 6 heteroatoms. The van der Waals surface area contributed by atoms with Crippen LogP contribution in [0.5, 0.6) is 5.75 Å². The number of aryl methyl sites for hydroxylation is 1. The number of aromatic nitrogens is 1. The van der Waals surface area contributed by atoms with E-state index < -0.39 is 17.0 Å². The lowest BCUT2D eigenvalue weighted by atomic mass is 9.97. The minimum Gasteiger partial charge on any atom is -0.612 e. The van der Waals surface area contributed by atoms with Crippen molar-refractivity contribution in [2.75, 3.05) is 6.26 Å². The van der Waals surface area contributed by atoms with Gasteiger partial charge in [0.2, 0.25) is 0 Å². The molecule has 4 nitrogen and oxygen atoms in total. The average molecular weight is 414 g/mol. The Morgan fingerprint density at radius 3 is 2.55 bits per heavy atom. The molecule has 0 aliphatic heterocycles. The van der Waals surface area contributed by atoms with Gasteiger partial charge < -0.3 is 13.9 Å². The normalized spacial score (nSPS) is 16.1. The van der Waals surface area contributed by atoms with Crippen molar-refractivity contribution in [1.82, 2.24) is 4.57 Å². The van der Waals surface area contributed by atoms with Crippen molar-refractivity contribution in [2.24, 2.45) is 7.05 Å². The standard InChI is InChI=1S/C23H24FNO3S/c1-25-14-21(19-12-15(24)8-10-18(19)23(25)26)20-13-17(29(2)27)9-11-22(20)28-16-6-4-3-5-7-16/h8-14,16H,3-7H2,1-2H3. The Morgan fingerprint density at radius 1 is 1.07 bits per heavy atom. The van der Waals surface area contributed by atoms with Crippen LogP contribution in [0.2, 0.25) is 0 Å². The predicted molar refractivity (Wildman–Crippen MR) is 114 cm³/mol. The van der Waals surface area contributed by atoms with Gasteiger partial charge in [-0.05, 0) is 72.6 Å². The number of rotatable bonds is 4. The molecule has 1 aliphatic carbocycles. The molecule has 1 saturated carbocycles. The zero-order valence-corrected chi connectivity index (χ0v) is 17.4. The number of fused-ring (bicyclic) bond motifs is 1. The average Bonchev–Trinajstić information content (AvgIpc) is 2.71. The third-order valence-electron chi connectivity index (χ3n) is 5.56. The quantitative estimate of drug-likeness (QED) is 0.578. The van der Waals surface area contributed by atoms with Gasteiger partial charge in [0.1, 0.15) is 17.8 Å².